The van der Waals surface area contributed by atoms with Gasteiger partial charge in [0.25, 0.3) is 5.91 Å². The maximum Gasteiger partial charge on any atom is 0.283 e. The van der Waals surface area contributed by atoms with Gasteiger partial charge < -0.3 is 9.30 Å². The van der Waals surface area contributed by atoms with Gasteiger partial charge in [0.15, 0.2) is 5.84 Å². The number of ether oxygens (including phenoxy) is 1. The fourth-order valence-electron chi connectivity index (χ4n) is 4.62. The average Bonchev–Trinajstić information content (AvgIpc) is 3.45. The van der Waals surface area contributed by atoms with E-state index in [1.807, 2.05) is 68.4 Å². The third-order valence-electron chi connectivity index (χ3n) is 6.38. The molecule has 7 nitrogen and oxygen atoms in total. The summed E-state index contributed by atoms with van der Waals surface area (Å²) in [5.41, 5.74) is 4.16. The van der Waals surface area contributed by atoms with Crippen LogP contribution in [0.2, 0.25) is 0 Å². The molecular weight excluding hydrogens is 482 g/mol. The highest BCUT2D eigenvalue weighted by Gasteiger charge is 2.36. The van der Waals surface area contributed by atoms with E-state index in [0.29, 0.717) is 10.2 Å². The number of hydrogen-bond donors (Lipinski definition) is 1. The lowest BCUT2D eigenvalue weighted by molar-refractivity contribution is -0.114. The number of amides is 1. The molecule has 3 heterocycles. The van der Waals surface area contributed by atoms with Gasteiger partial charge in [-0.2, -0.15) is 15.1 Å². The van der Waals surface area contributed by atoms with E-state index in [9.17, 15) is 4.79 Å². The smallest absolute Gasteiger partial charge is 0.283 e. The number of rotatable bonds is 5. The molecule has 0 atom stereocenters. The van der Waals surface area contributed by atoms with Crippen LogP contribution in [-0.4, -0.2) is 38.1 Å². The van der Waals surface area contributed by atoms with Gasteiger partial charge >= 0.3 is 0 Å². The van der Waals surface area contributed by atoms with Crippen molar-refractivity contribution in [3.05, 3.63) is 101 Å². The van der Waals surface area contributed by atoms with Gasteiger partial charge in [-0.25, -0.2) is 0 Å². The van der Waals surface area contributed by atoms with Gasteiger partial charge in [0, 0.05) is 16.8 Å². The van der Waals surface area contributed by atoms with Crippen molar-refractivity contribution in [2.75, 3.05) is 6.61 Å². The van der Waals surface area contributed by atoms with E-state index < -0.39 is 5.91 Å². The van der Waals surface area contributed by atoms with Gasteiger partial charge in [-0.05, 0) is 66.9 Å². The van der Waals surface area contributed by atoms with E-state index in [2.05, 4.69) is 38.9 Å². The Morgan fingerprint density at radius 2 is 1.76 bits per heavy atom. The van der Waals surface area contributed by atoms with Crippen molar-refractivity contribution < 1.29 is 9.53 Å². The summed E-state index contributed by atoms with van der Waals surface area (Å²) in [5, 5.41) is 18.0. The molecule has 1 N–H and O–H groups in total. The second kappa shape index (κ2) is 9.22. The van der Waals surface area contributed by atoms with E-state index in [-0.39, 0.29) is 18.0 Å². The molecule has 4 aromatic rings. The summed E-state index contributed by atoms with van der Waals surface area (Å²) in [7, 11) is 0. The third-order valence-corrected chi connectivity index (χ3v) is 7.26. The lowest BCUT2D eigenvalue weighted by Crippen LogP contribution is -2.35. The summed E-state index contributed by atoms with van der Waals surface area (Å²) in [6.07, 6.45) is 1.74. The quantitative estimate of drug-likeness (QED) is 0.340. The van der Waals surface area contributed by atoms with Crippen LogP contribution in [-0.2, 0) is 4.79 Å². The van der Waals surface area contributed by atoms with E-state index in [1.165, 1.54) is 16.8 Å². The Morgan fingerprint density at radius 1 is 1.00 bits per heavy atom. The first kappa shape index (κ1) is 23.0. The van der Waals surface area contributed by atoms with Gasteiger partial charge in [-0.15, -0.1) is 0 Å². The highest BCUT2D eigenvalue weighted by molar-refractivity contribution is 8.27. The number of nitrogens with zero attached hydrogens (tertiary/aromatic N) is 4. The van der Waals surface area contributed by atoms with Crippen LogP contribution < -0.4 is 4.74 Å². The topological polar surface area (TPSA) is 83.0 Å². The van der Waals surface area contributed by atoms with Crippen LogP contribution in [0.4, 0.5) is 0 Å². The summed E-state index contributed by atoms with van der Waals surface area (Å²) in [6, 6.07) is 26.0. The lowest BCUT2D eigenvalue weighted by atomic mass is 10.1. The summed E-state index contributed by atoms with van der Waals surface area (Å²) < 4.78 is 7.96. The van der Waals surface area contributed by atoms with Crippen molar-refractivity contribution in [1.82, 2.24) is 9.58 Å². The molecule has 0 unspecified atom stereocenters. The number of amidine groups is 2. The first-order valence-electron chi connectivity index (χ1n) is 11.8. The van der Waals surface area contributed by atoms with Gasteiger partial charge in [-0.1, -0.05) is 54.6 Å². The predicted octanol–water partition coefficient (Wildman–Crippen LogP) is 5.95. The molecule has 0 bridgehead atoms. The summed E-state index contributed by atoms with van der Waals surface area (Å²) in [6.45, 7) is 4.30. The largest absolute Gasteiger partial charge is 0.487 e. The fraction of sp³-hybridized carbons (Fsp3) is 0.103. The van der Waals surface area contributed by atoms with E-state index in [0.717, 1.165) is 39.2 Å². The standard InChI is InChI=1S/C29H23N5O2S/c1-18-15-21(19(2)33(18)25-14-8-10-20-9-6-7-13-23(20)25)16-24-27(30)34-29(31-28(24)35)37-26(32-34)17-36-22-11-4-3-5-12-22/h3-16,30H,17H2,1-2H3/b24-16-,30-27?. The van der Waals surface area contributed by atoms with Gasteiger partial charge in [-0.3, -0.25) is 10.2 Å². The Hall–Kier alpha value is -4.43. The van der Waals surface area contributed by atoms with E-state index in [4.69, 9.17) is 10.1 Å². The molecular formula is C29H23N5O2S. The van der Waals surface area contributed by atoms with Crippen LogP contribution in [0.15, 0.2) is 94.5 Å². The maximum atomic E-state index is 13.0. The Bertz CT molecular complexity index is 1660. The van der Waals surface area contributed by atoms with E-state index >= 15 is 0 Å². The number of para-hydroxylation sites is 1. The number of carbonyl (C=O) groups is 1. The molecule has 1 aromatic heterocycles. The van der Waals surface area contributed by atoms with Crippen LogP contribution in [0.1, 0.15) is 17.0 Å². The number of aromatic nitrogens is 1. The Kier molecular flexibility index (Phi) is 5.73. The number of aliphatic imine (C=N–C) groups is 1. The molecule has 3 aromatic carbocycles. The average molecular weight is 506 g/mol. The van der Waals surface area contributed by atoms with Crippen molar-refractivity contribution >= 4 is 50.6 Å². The van der Waals surface area contributed by atoms with Crippen LogP contribution in [0.25, 0.3) is 22.5 Å². The minimum absolute atomic E-state index is 0.00664. The second-order valence-corrected chi connectivity index (χ2v) is 9.82. The number of thioether (sulfide) groups is 1. The number of benzene rings is 3. The zero-order valence-corrected chi connectivity index (χ0v) is 21.1. The monoisotopic (exact) mass is 505 g/mol. The summed E-state index contributed by atoms with van der Waals surface area (Å²) >= 11 is 1.25. The molecule has 0 aliphatic carbocycles. The number of aryl methyl sites for hydroxylation is 1. The Morgan fingerprint density at radius 3 is 2.59 bits per heavy atom. The van der Waals surface area contributed by atoms with Crippen LogP contribution >= 0.6 is 11.8 Å². The molecule has 2 aliphatic rings. The lowest BCUT2D eigenvalue weighted by Gasteiger charge is -2.20. The first-order chi connectivity index (χ1) is 18.0. The summed E-state index contributed by atoms with van der Waals surface area (Å²) in [5.74, 6) is 0.289. The van der Waals surface area contributed by atoms with Gasteiger partial charge in [0.05, 0.1) is 11.3 Å². The minimum atomic E-state index is -0.445. The summed E-state index contributed by atoms with van der Waals surface area (Å²) in [4.78, 5) is 17.2. The fourth-order valence-corrected chi connectivity index (χ4v) is 5.41. The minimum Gasteiger partial charge on any atom is -0.487 e. The second-order valence-electron chi connectivity index (χ2n) is 8.78. The van der Waals surface area contributed by atoms with Crippen molar-refractivity contribution in [3.8, 4) is 11.4 Å². The number of nitrogens with one attached hydrogen (secondary N) is 1. The first-order valence-corrected chi connectivity index (χ1v) is 12.7. The normalized spacial score (nSPS) is 16.3. The zero-order chi connectivity index (χ0) is 25.5. The number of hydrogen-bond acceptors (Lipinski definition) is 5. The molecule has 182 valence electrons. The molecule has 0 fully saturated rings. The highest BCUT2D eigenvalue weighted by Crippen LogP contribution is 2.31. The van der Waals surface area contributed by atoms with E-state index in [1.54, 1.807) is 6.08 Å². The molecule has 2 aliphatic heterocycles. The predicted molar refractivity (Wildman–Crippen MR) is 150 cm³/mol. The van der Waals surface area contributed by atoms with Gasteiger partial charge in [0.1, 0.15) is 17.4 Å². The number of hydrazone groups is 1. The molecule has 0 spiro atoms. The van der Waals surface area contributed by atoms with Crippen molar-refractivity contribution in [2.45, 2.75) is 13.8 Å². The zero-order valence-electron chi connectivity index (χ0n) is 20.3. The molecule has 6 rings (SSSR count). The van der Waals surface area contributed by atoms with Crippen molar-refractivity contribution in [1.29, 1.82) is 5.41 Å². The van der Waals surface area contributed by atoms with Crippen LogP contribution in [0.3, 0.4) is 0 Å². The Labute approximate surface area is 218 Å². The number of carbonyl (C=O) groups excluding carboxylic acids is 1. The highest BCUT2D eigenvalue weighted by atomic mass is 32.2. The third kappa shape index (κ3) is 4.15. The van der Waals surface area contributed by atoms with Crippen LogP contribution in [0, 0.1) is 19.3 Å². The number of fused-ring (bicyclic) bond motifs is 2. The molecule has 8 heteroatoms. The maximum absolute atomic E-state index is 13.0. The molecule has 0 radical (unpaired) electrons. The SMILES string of the molecule is Cc1cc(/C=C2/C(=N)N3N=C(COc4ccccc4)SC3=NC2=O)c(C)n1-c1cccc2ccccc12. The molecule has 37 heavy (non-hydrogen) atoms. The van der Waals surface area contributed by atoms with Crippen molar-refractivity contribution in [2.24, 2.45) is 10.1 Å². The van der Waals surface area contributed by atoms with Crippen LogP contribution in [0.5, 0.6) is 5.75 Å². The van der Waals surface area contributed by atoms with Crippen molar-refractivity contribution in [3.63, 3.8) is 0 Å². The molecule has 0 saturated carbocycles. The molecule has 1 amide bonds. The molecule has 0 saturated heterocycles. The Balaban J connectivity index is 1.31. The van der Waals surface area contributed by atoms with Gasteiger partial charge in [0.2, 0.25) is 5.17 Å².